The molecule has 26 heteroatoms. The van der Waals surface area contributed by atoms with E-state index < -0.39 is 86.7 Å². The molecule has 0 spiro atoms. The molecule has 0 fully saturated rings. The molecule has 12 rings (SSSR count). The molecule has 2 N–H and O–H groups in total. The Kier molecular flexibility index (Phi) is 53.7. The average Bonchev–Trinajstić information content (AvgIpc) is 0.832. The van der Waals surface area contributed by atoms with Gasteiger partial charge in [0.05, 0.1) is 92.2 Å². The van der Waals surface area contributed by atoms with Crippen molar-refractivity contribution in [3.63, 3.8) is 0 Å². The van der Waals surface area contributed by atoms with Crippen LogP contribution in [-0.2, 0) is 67.5 Å². The molecule has 0 aromatic heterocycles. The molecule has 0 bridgehead atoms. The Morgan fingerprint density at radius 3 is 0.883 bits per heavy atom. The molecule has 0 atom stereocenters. The van der Waals surface area contributed by atoms with Gasteiger partial charge in [0.1, 0.15) is 10.0 Å². The number of carbonyl (C=O) groups excluding carboxylic acids is 1. The van der Waals surface area contributed by atoms with Crippen LogP contribution in [0.25, 0.3) is 9.86 Å². The second kappa shape index (κ2) is 62.3. The maximum Gasteiger partial charge on any atom is 0.358 e. The number of carboxylic acid groups (broad SMARTS) is 2. The van der Waals surface area contributed by atoms with E-state index in [1.807, 2.05) is 49.4 Å². The van der Waals surface area contributed by atoms with Crippen LogP contribution in [0, 0.1) is 7.14 Å². The van der Waals surface area contributed by atoms with Crippen molar-refractivity contribution in [3.05, 3.63) is 380 Å². The van der Waals surface area contributed by atoms with Gasteiger partial charge in [0.2, 0.25) is 3.57 Å². The predicted molar refractivity (Wildman–Crippen MR) is 512 cm³/mol. The lowest BCUT2D eigenvalue weighted by Crippen LogP contribution is -3.61. The lowest BCUT2D eigenvalue weighted by Gasteiger charge is -2.39. The summed E-state index contributed by atoms with van der Waals surface area (Å²) in [7, 11) is -11.6. The van der Waals surface area contributed by atoms with Crippen LogP contribution in [0.1, 0.15) is 140 Å². The van der Waals surface area contributed by atoms with Gasteiger partial charge < -0.3 is 44.3 Å². The van der Waals surface area contributed by atoms with Gasteiger partial charge in [-0.25, -0.2) is 30.0 Å². The third-order valence-electron chi connectivity index (χ3n) is 18.1. The van der Waals surface area contributed by atoms with Crippen molar-refractivity contribution in [1.82, 2.24) is 0 Å². The van der Waals surface area contributed by atoms with Crippen LogP contribution in [0.2, 0.25) is 0 Å². The minimum atomic E-state index is -4.94. The fourth-order valence-corrected chi connectivity index (χ4v) is 21.7. The van der Waals surface area contributed by atoms with Crippen LogP contribution in [0.4, 0.5) is 8.78 Å². The molecule has 0 radical (unpaired) electrons. The van der Waals surface area contributed by atoms with Gasteiger partial charge in [-0.15, -0.1) is 10.9 Å². The zero-order valence-corrected chi connectivity index (χ0v) is 81.3. The SMILES string of the molecule is CCC(F)(F)S([NH-])(=O)=O.CCCC[N+](CCCC)(CCCC)CCCC.CCCC[N-]S(C)(=O)=O.CCOC([O-])=NS(C)(=O)=O.O=C(O)c1ccccc1[O-].O=C([O-])c1ccccc1[I+]c1ccccc1.c1ccc([S+](c2ccccc2)c2ccccc2)cc1.c1ccc([S+](c2ccccc2)c2ccccc2)cc1.c1ccc([S+](c2ccccc2)c2ccccc2)cc1. The molecule has 12 aromatic rings. The number of unbranched alkanes of at least 4 members (excludes halogenated alkanes) is 5. The van der Waals surface area contributed by atoms with E-state index >= 15 is 0 Å². The molecule has 0 amide bonds. The highest BCUT2D eigenvalue weighted by atomic mass is 127. The molecule has 0 heterocycles. The number of hydrogen-bond acceptors (Lipinski definition) is 12. The number of carbonyl (C=O) groups is 2. The Bertz CT molecular complexity index is 4780. The highest BCUT2D eigenvalue weighted by molar-refractivity contribution is 7.97. The molecule has 12 aromatic carbocycles. The van der Waals surface area contributed by atoms with E-state index in [-0.39, 0.29) is 44.9 Å². The summed E-state index contributed by atoms with van der Waals surface area (Å²) in [5, 5.41) is 42.3. The van der Waals surface area contributed by atoms with E-state index in [0.29, 0.717) is 12.1 Å². The number of sulfonamides is 3. The lowest BCUT2D eigenvalue weighted by molar-refractivity contribution is -0.929. The number of benzene rings is 12. The Morgan fingerprint density at radius 2 is 0.672 bits per heavy atom. The number of alkyl halides is 2. The van der Waals surface area contributed by atoms with Crippen molar-refractivity contribution in [2.45, 2.75) is 168 Å². The first-order valence-corrected chi connectivity index (χ1v) is 53.3. The Hall–Kier alpha value is -9.98. The minimum absolute atomic E-state index is 0.0146. The smallest absolute Gasteiger partial charge is 0.358 e. The van der Waals surface area contributed by atoms with Gasteiger partial charge in [-0.1, -0.05) is 305 Å². The topological polar surface area (TPSA) is 285 Å². The van der Waals surface area contributed by atoms with Crippen LogP contribution >= 0.6 is 0 Å². The van der Waals surface area contributed by atoms with E-state index in [0.717, 1.165) is 35.8 Å². The van der Waals surface area contributed by atoms with E-state index in [9.17, 15) is 58.9 Å². The first kappa shape index (κ1) is 110. The maximum absolute atomic E-state index is 11.9. The number of quaternary nitrogens is 1. The van der Waals surface area contributed by atoms with Crippen molar-refractivity contribution in [1.29, 1.82) is 0 Å². The normalized spacial score (nSPS) is 11.1. The zero-order chi connectivity index (χ0) is 93.9. The lowest BCUT2D eigenvalue weighted by atomic mass is 10.1. The largest absolute Gasteiger partial charge is 0.872 e. The number of rotatable bonds is 33. The molecule has 0 aliphatic heterocycles. The number of hydrogen-bond donors (Lipinski definition) is 1. The summed E-state index contributed by atoms with van der Waals surface area (Å²) >= 11 is -0.447. The van der Waals surface area contributed by atoms with Gasteiger partial charge in [0.25, 0.3) is 10.0 Å². The molecule has 0 unspecified atom stereocenters. The quantitative estimate of drug-likeness (QED) is 0.0100. The zero-order valence-electron chi connectivity index (χ0n) is 74.3. The Morgan fingerprint density at radius 1 is 0.414 bits per heavy atom. The number of nitrogens with one attached hydrogen (secondary N) is 1. The number of para-hydroxylation sites is 1. The van der Waals surface area contributed by atoms with Gasteiger partial charge in [0, 0.05) is 12.7 Å². The third kappa shape index (κ3) is 44.4. The van der Waals surface area contributed by atoms with Gasteiger partial charge in [-0.05, 0) is 172 Å². The summed E-state index contributed by atoms with van der Waals surface area (Å²) in [6.45, 7) is 20.2. The van der Waals surface area contributed by atoms with E-state index in [1.54, 1.807) is 19.1 Å². The van der Waals surface area contributed by atoms with Crippen molar-refractivity contribution >= 4 is 80.8 Å². The molecular formula is C102H121F2IN4O13S6. The van der Waals surface area contributed by atoms with Crippen molar-refractivity contribution in [3.8, 4) is 5.75 Å². The monoisotopic (exact) mass is 1970 g/mol. The van der Waals surface area contributed by atoms with Gasteiger partial charge in [-0.2, -0.15) is 8.78 Å². The molecule has 128 heavy (non-hydrogen) atoms. The number of ether oxygens (including phenoxy) is 1. The minimum Gasteiger partial charge on any atom is -0.872 e. The standard InChI is InChI=1S/3C18H15S.C16H36N.C13H9IO2.C7H6O3.C5H12NO2S.C4H9NO4S.C3H6F2NO2S/c3*1-4-10-16(11-5-1)19(17-12-6-2-7-13-17)18-14-8-3-9-15-18;1-5-9-13-17(14-10-6-2,15-11-7-3)16-12-8-4;15-13(16)11-8-4-5-9-12(11)14-10-6-2-1-3-7-10;8-6-4-2-1-3-5(6)7(9)10;1-3-4-5-6-9(2,7)8;1-3-9-4(6)5-10(2,7)8;1-2-3(4,5)9(6,7)8/h3*1-15H;5-16H2,1-4H3;1-9H;1-4,8H,(H,9,10);3-5H2,1-2H3;3H2,1-2H3,(H,5,6);2H2,1H3,(H-,6,7,8)/q4*+1;;;-1;;-1/p-2. The Balaban J connectivity index is 0.000000306. The summed E-state index contributed by atoms with van der Waals surface area (Å²) < 4.78 is 98.4. The number of aromatic carboxylic acids is 2. The van der Waals surface area contributed by atoms with Crippen molar-refractivity contribution in [2.75, 3.05) is 51.8 Å². The molecule has 684 valence electrons. The van der Waals surface area contributed by atoms with Crippen molar-refractivity contribution in [2.24, 2.45) is 4.40 Å². The average molecular weight is 1970 g/mol. The number of nitrogens with zero attached hydrogens (tertiary/aromatic N) is 3. The fourth-order valence-electron chi connectivity index (χ4n) is 11.7. The second-order valence-corrected chi connectivity index (χ2v) is 42.3. The molecule has 17 nitrogen and oxygen atoms in total. The van der Waals surface area contributed by atoms with Gasteiger partial charge in [0.15, 0.2) is 53.7 Å². The maximum atomic E-state index is 11.9. The fraction of sp³-hybridized carbons (Fsp3) is 0.265. The Labute approximate surface area is 779 Å². The molecule has 0 aliphatic carbocycles. The predicted octanol–water partition coefficient (Wildman–Crippen LogP) is 19.2. The molecule has 0 aliphatic rings. The summed E-state index contributed by atoms with van der Waals surface area (Å²) in [5.74, 6) is -2.72. The second-order valence-electron chi connectivity index (χ2n) is 28.3. The van der Waals surface area contributed by atoms with Crippen LogP contribution in [-0.4, -0.2) is 110 Å². The summed E-state index contributed by atoms with van der Waals surface area (Å²) in [4.78, 5) is 33.4. The molecule has 0 saturated carbocycles. The van der Waals surface area contributed by atoms with Crippen LogP contribution in [0.5, 0.6) is 5.75 Å². The van der Waals surface area contributed by atoms with E-state index in [4.69, 9.17) is 10.2 Å². The molecule has 0 saturated heterocycles. The van der Waals surface area contributed by atoms with Crippen LogP contribution in [0.15, 0.2) is 400 Å². The summed E-state index contributed by atoms with van der Waals surface area (Å²) in [6, 6.07) is 119. The van der Waals surface area contributed by atoms with Crippen molar-refractivity contribution < 1.29 is 94.5 Å². The number of carboxylic acids is 2. The van der Waals surface area contributed by atoms with Gasteiger partial charge >= 0.3 is 32.4 Å². The first-order valence-electron chi connectivity index (χ1n) is 42.3. The highest BCUT2D eigenvalue weighted by Crippen LogP contribution is 2.34. The molecular weight excluding hydrogens is 1850 g/mol. The van der Waals surface area contributed by atoms with Crippen LogP contribution < -0.4 is 36.5 Å². The summed E-state index contributed by atoms with van der Waals surface area (Å²) in [6.07, 6.45) is 12.9. The highest BCUT2D eigenvalue weighted by Gasteiger charge is 2.35. The first-order chi connectivity index (χ1) is 61.4. The van der Waals surface area contributed by atoms with E-state index in [2.05, 4.69) is 315 Å². The summed E-state index contributed by atoms with van der Waals surface area (Å²) in [5.41, 5.74) is 0.140. The number of halogens is 3. The van der Waals surface area contributed by atoms with Gasteiger partial charge in [-0.3, -0.25) is 0 Å². The van der Waals surface area contributed by atoms with E-state index in [1.165, 1.54) is 154 Å². The van der Waals surface area contributed by atoms with Crippen LogP contribution in [0.3, 0.4) is 0 Å². The third-order valence-corrected chi connectivity index (χ3v) is 29.8.